The molecule has 5 nitrogen and oxygen atoms in total. The lowest BCUT2D eigenvalue weighted by molar-refractivity contribution is -0.129. The van der Waals surface area contributed by atoms with E-state index in [-0.39, 0.29) is 24.2 Å². The van der Waals surface area contributed by atoms with Gasteiger partial charge in [0.1, 0.15) is 5.75 Å². The second kappa shape index (κ2) is 8.71. The van der Waals surface area contributed by atoms with E-state index in [1.165, 1.54) is 5.56 Å². The van der Waals surface area contributed by atoms with Crippen molar-refractivity contribution in [3.63, 3.8) is 0 Å². The first-order valence-corrected chi connectivity index (χ1v) is 9.29. The van der Waals surface area contributed by atoms with Crippen LogP contribution in [0.1, 0.15) is 23.1 Å². The van der Waals surface area contributed by atoms with Crippen LogP contribution in [0.25, 0.3) is 0 Å². The van der Waals surface area contributed by atoms with Crippen LogP contribution < -0.4 is 10.1 Å². The van der Waals surface area contributed by atoms with Crippen LogP contribution in [0.4, 0.5) is 0 Å². The molecule has 1 aliphatic rings. The molecule has 1 aliphatic heterocycles. The van der Waals surface area contributed by atoms with Crippen LogP contribution in [0.3, 0.4) is 0 Å². The zero-order chi connectivity index (χ0) is 19.2. The first-order chi connectivity index (χ1) is 13.0. The van der Waals surface area contributed by atoms with Crippen LogP contribution in [0.2, 0.25) is 0 Å². The number of carbonyl (C=O) groups excluding carboxylic acids is 2. The van der Waals surface area contributed by atoms with Gasteiger partial charge < -0.3 is 15.0 Å². The molecule has 1 heterocycles. The molecule has 0 saturated carbocycles. The zero-order valence-corrected chi connectivity index (χ0v) is 15.9. The third-order valence-electron chi connectivity index (χ3n) is 4.94. The molecule has 1 atom stereocenters. The van der Waals surface area contributed by atoms with E-state index in [1.807, 2.05) is 49.4 Å². The number of hydrogen-bond acceptors (Lipinski definition) is 3. The number of ether oxygens (including phenoxy) is 1. The normalized spacial score (nSPS) is 16.4. The van der Waals surface area contributed by atoms with Crippen LogP contribution in [0.5, 0.6) is 5.75 Å². The van der Waals surface area contributed by atoms with Gasteiger partial charge in [-0.15, -0.1) is 0 Å². The van der Waals surface area contributed by atoms with Gasteiger partial charge in [0.05, 0.1) is 13.0 Å². The average Bonchev–Trinajstić information content (AvgIpc) is 3.05. The van der Waals surface area contributed by atoms with E-state index in [9.17, 15) is 9.59 Å². The topological polar surface area (TPSA) is 58.6 Å². The lowest BCUT2D eigenvalue weighted by atomic mass is 10.1. The van der Waals surface area contributed by atoms with Crippen LogP contribution >= 0.6 is 0 Å². The summed E-state index contributed by atoms with van der Waals surface area (Å²) in [6.07, 6.45) is 1.04. The number of methoxy groups -OCH3 is 1. The summed E-state index contributed by atoms with van der Waals surface area (Å²) in [5.74, 6) is 0.545. The summed E-state index contributed by atoms with van der Waals surface area (Å²) in [4.78, 5) is 26.5. The molecule has 1 N–H and O–H groups in total. The first kappa shape index (κ1) is 19.0. The fourth-order valence-electron chi connectivity index (χ4n) is 3.41. The Bertz CT molecular complexity index is 819. The number of hydrogen-bond donors (Lipinski definition) is 1. The summed E-state index contributed by atoms with van der Waals surface area (Å²) in [7, 11) is 1.64. The highest BCUT2D eigenvalue weighted by Crippen LogP contribution is 2.20. The molecule has 1 unspecified atom stereocenters. The number of carbonyl (C=O) groups is 2. The number of rotatable bonds is 7. The van der Waals surface area contributed by atoms with Crippen molar-refractivity contribution < 1.29 is 14.3 Å². The molecule has 27 heavy (non-hydrogen) atoms. The van der Waals surface area contributed by atoms with Crippen LogP contribution in [0.15, 0.2) is 48.5 Å². The fraction of sp³-hybridized carbons (Fsp3) is 0.364. The number of nitrogens with zero attached hydrogens (tertiary/aromatic N) is 1. The Balaban J connectivity index is 1.49. The smallest absolute Gasteiger partial charge is 0.225 e. The van der Waals surface area contributed by atoms with Gasteiger partial charge in [-0.1, -0.05) is 42.0 Å². The summed E-state index contributed by atoms with van der Waals surface area (Å²) < 4.78 is 5.23. The molecule has 0 aromatic heterocycles. The molecule has 0 bridgehead atoms. The quantitative estimate of drug-likeness (QED) is 0.820. The molecule has 142 valence electrons. The molecular weight excluding hydrogens is 340 g/mol. The van der Waals surface area contributed by atoms with Gasteiger partial charge in [-0.3, -0.25) is 9.59 Å². The maximum absolute atomic E-state index is 12.4. The number of likely N-dealkylation sites (tertiary alicyclic amines) is 1. The van der Waals surface area contributed by atoms with Crippen molar-refractivity contribution in [2.45, 2.75) is 26.3 Å². The van der Waals surface area contributed by atoms with E-state index in [0.29, 0.717) is 19.6 Å². The summed E-state index contributed by atoms with van der Waals surface area (Å²) in [5, 5.41) is 2.96. The largest absolute Gasteiger partial charge is 0.497 e. The van der Waals surface area contributed by atoms with Gasteiger partial charge >= 0.3 is 0 Å². The Morgan fingerprint density at radius 2 is 1.96 bits per heavy atom. The maximum Gasteiger partial charge on any atom is 0.225 e. The third-order valence-corrected chi connectivity index (χ3v) is 4.94. The SMILES string of the molecule is COc1cccc(CCN2CC(C(=O)NCc3cccc(C)c3)CC2=O)c1. The van der Waals surface area contributed by atoms with Crippen molar-refractivity contribution >= 4 is 11.8 Å². The Hall–Kier alpha value is -2.82. The minimum absolute atomic E-state index is 0.0475. The van der Waals surface area contributed by atoms with Crippen molar-refractivity contribution in [2.75, 3.05) is 20.2 Å². The number of aryl methyl sites for hydroxylation is 1. The Morgan fingerprint density at radius 1 is 1.19 bits per heavy atom. The molecule has 1 fully saturated rings. The lowest BCUT2D eigenvalue weighted by Gasteiger charge is -2.17. The van der Waals surface area contributed by atoms with Crippen molar-refractivity contribution in [1.82, 2.24) is 10.2 Å². The molecule has 0 radical (unpaired) electrons. The summed E-state index contributed by atoms with van der Waals surface area (Å²) in [6.45, 7) is 3.63. The third kappa shape index (κ3) is 5.09. The van der Waals surface area contributed by atoms with Gasteiger partial charge in [-0.2, -0.15) is 0 Å². The lowest BCUT2D eigenvalue weighted by Crippen LogP contribution is -2.33. The van der Waals surface area contributed by atoms with E-state index in [2.05, 4.69) is 11.4 Å². The Labute approximate surface area is 160 Å². The van der Waals surface area contributed by atoms with Crippen LogP contribution in [-0.2, 0) is 22.6 Å². The minimum Gasteiger partial charge on any atom is -0.497 e. The van der Waals surface area contributed by atoms with Gasteiger partial charge in [-0.05, 0) is 36.6 Å². The number of benzene rings is 2. The molecule has 2 aromatic rings. The molecule has 2 aromatic carbocycles. The fourth-order valence-corrected chi connectivity index (χ4v) is 3.41. The van der Waals surface area contributed by atoms with E-state index < -0.39 is 0 Å². The molecule has 0 aliphatic carbocycles. The predicted molar refractivity (Wildman–Crippen MR) is 104 cm³/mol. The van der Waals surface area contributed by atoms with Crippen molar-refractivity contribution in [3.05, 3.63) is 65.2 Å². The van der Waals surface area contributed by atoms with Gasteiger partial charge in [0.2, 0.25) is 11.8 Å². The molecule has 3 rings (SSSR count). The summed E-state index contributed by atoms with van der Waals surface area (Å²) >= 11 is 0. The van der Waals surface area contributed by atoms with E-state index in [0.717, 1.165) is 23.3 Å². The predicted octanol–water partition coefficient (Wildman–Crippen LogP) is 2.71. The standard InChI is InChI=1S/C22H26N2O3/c1-16-5-3-7-18(11-16)14-23-22(26)19-13-21(25)24(15-19)10-9-17-6-4-8-20(12-17)27-2/h3-8,11-12,19H,9-10,13-15H2,1-2H3,(H,23,26). The van der Waals surface area contributed by atoms with Crippen LogP contribution in [-0.4, -0.2) is 36.9 Å². The van der Waals surface area contributed by atoms with Gasteiger partial charge in [0.25, 0.3) is 0 Å². The molecule has 1 saturated heterocycles. The maximum atomic E-state index is 12.4. The summed E-state index contributed by atoms with van der Waals surface area (Å²) in [5.41, 5.74) is 3.36. The van der Waals surface area contributed by atoms with E-state index in [4.69, 9.17) is 4.74 Å². The highest BCUT2D eigenvalue weighted by molar-refractivity contribution is 5.89. The minimum atomic E-state index is -0.271. The number of amides is 2. The van der Waals surface area contributed by atoms with Gasteiger partial charge in [0.15, 0.2) is 0 Å². The Morgan fingerprint density at radius 3 is 2.74 bits per heavy atom. The van der Waals surface area contributed by atoms with Crippen LogP contribution in [0, 0.1) is 12.8 Å². The molecular formula is C22H26N2O3. The van der Waals surface area contributed by atoms with Crippen molar-refractivity contribution in [1.29, 1.82) is 0 Å². The van der Waals surface area contributed by atoms with Crippen molar-refractivity contribution in [3.8, 4) is 5.75 Å². The molecule has 5 heteroatoms. The van der Waals surface area contributed by atoms with E-state index >= 15 is 0 Å². The first-order valence-electron chi connectivity index (χ1n) is 9.29. The zero-order valence-electron chi connectivity index (χ0n) is 15.9. The Kier molecular flexibility index (Phi) is 6.12. The molecule has 0 spiro atoms. The van der Waals surface area contributed by atoms with Crippen molar-refractivity contribution in [2.24, 2.45) is 5.92 Å². The van der Waals surface area contributed by atoms with Gasteiger partial charge in [0, 0.05) is 26.1 Å². The summed E-state index contributed by atoms with van der Waals surface area (Å²) in [6, 6.07) is 15.9. The highest BCUT2D eigenvalue weighted by Gasteiger charge is 2.33. The van der Waals surface area contributed by atoms with E-state index in [1.54, 1.807) is 12.0 Å². The monoisotopic (exact) mass is 366 g/mol. The second-order valence-corrected chi connectivity index (χ2v) is 7.05. The highest BCUT2D eigenvalue weighted by atomic mass is 16.5. The van der Waals surface area contributed by atoms with Gasteiger partial charge in [-0.25, -0.2) is 0 Å². The second-order valence-electron chi connectivity index (χ2n) is 7.05. The number of nitrogens with one attached hydrogen (secondary N) is 1. The molecule has 2 amide bonds. The average molecular weight is 366 g/mol.